The first-order chi connectivity index (χ1) is 6.15. The molecule has 1 rings (SSSR count). The summed E-state index contributed by atoms with van der Waals surface area (Å²) < 4.78 is 0. The van der Waals surface area contributed by atoms with Gasteiger partial charge in [0.15, 0.2) is 0 Å². The van der Waals surface area contributed by atoms with Crippen LogP contribution in [0.5, 0.6) is 0 Å². The van der Waals surface area contributed by atoms with E-state index in [4.69, 9.17) is 0 Å². The summed E-state index contributed by atoms with van der Waals surface area (Å²) in [4.78, 5) is 0. The molecule has 0 saturated heterocycles. The Hall–Kier alpha value is -0.760. The first-order valence-corrected chi connectivity index (χ1v) is 4.94. The summed E-state index contributed by atoms with van der Waals surface area (Å²) in [6.45, 7) is 6.24. The van der Waals surface area contributed by atoms with Crippen LogP contribution in [0.1, 0.15) is 33.6 Å². The molecule has 0 aliphatic carbocycles. The summed E-state index contributed by atoms with van der Waals surface area (Å²) >= 11 is 0. The van der Waals surface area contributed by atoms with Crippen LogP contribution >= 0.6 is 0 Å². The minimum atomic E-state index is -0.260. The van der Waals surface area contributed by atoms with Crippen molar-refractivity contribution in [3.63, 3.8) is 0 Å². The largest absolute Gasteiger partial charge is 0.391 e. The predicted molar refractivity (Wildman–Crippen MR) is 55.4 cm³/mol. The third-order valence-electron chi connectivity index (χ3n) is 2.54. The standard InChI is InChI=1S/C11H19NO/c1-4-5-11(13)10-6-8(2)9(3)7-12-10/h6-7,10-13H,4-5H2,1-3H3. The molecule has 0 aromatic rings. The van der Waals surface area contributed by atoms with Gasteiger partial charge in [-0.2, -0.15) is 0 Å². The summed E-state index contributed by atoms with van der Waals surface area (Å²) in [5.41, 5.74) is 2.51. The van der Waals surface area contributed by atoms with Crippen molar-refractivity contribution in [1.29, 1.82) is 0 Å². The van der Waals surface area contributed by atoms with Gasteiger partial charge in [0.2, 0.25) is 0 Å². The molecule has 0 bridgehead atoms. The molecule has 2 N–H and O–H groups in total. The topological polar surface area (TPSA) is 32.3 Å². The molecule has 0 aromatic carbocycles. The fourth-order valence-electron chi connectivity index (χ4n) is 1.48. The quantitative estimate of drug-likeness (QED) is 0.697. The van der Waals surface area contributed by atoms with Crippen molar-refractivity contribution in [2.75, 3.05) is 0 Å². The van der Waals surface area contributed by atoms with Crippen molar-refractivity contribution in [2.45, 2.75) is 45.8 Å². The van der Waals surface area contributed by atoms with Gasteiger partial charge < -0.3 is 10.4 Å². The molecule has 13 heavy (non-hydrogen) atoms. The Labute approximate surface area is 80.3 Å². The second-order valence-corrected chi connectivity index (χ2v) is 3.73. The number of dihydropyridines is 1. The summed E-state index contributed by atoms with van der Waals surface area (Å²) in [5.74, 6) is 0. The lowest BCUT2D eigenvalue weighted by atomic mass is 9.98. The molecule has 0 saturated carbocycles. The molecule has 0 spiro atoms. The average molecular weight is 181 g/mol. The van der Waals surface area contributed by atoms with E-state index < -0.39 is 0 Å². The molecule has 2 heteroatoms. The van der Waals surface area contributed by atoms with Gasteiger partial charge in [0, 0.05) is 6.20 Å². The van der Waals surface area contributed by atoms with Gasteiger partial charge in [0.1, 0.15) is 0 Å². The summed E-state index contributed by atoms with van der Waals surface area (Å²) in [6, 6.07) is 0.101. The number of allylic oxidation sites excluding steroid dienone is 2. The van der Waals surface area contributed by atoms with Crippen LogP contribution in [-0.2, 0) is 0 Å². The van der Waals surface area contributed by atoms with E-state index >= 15 is 0 Å². The van der Waals surface area contributed by atoms with Crippen molar-refractivity contribution in [3.8, 4) is 0 Å². The minimum absolute atomic E-state index is 0.101. The Bertz CT molecular complexity index is 230. The zero-order chi connectivity index (χ0) is 9.84. The third-order valence-corrected chi connectivity index (χ3v) is 2.54. The van der Waals surface area contributed by atoms with Crippen LogP contribution in [0.15, 0.2) is 23.4 Å². The van der Waals surface area contributed by atoms with Crippen LogP contribution < -0.4 is 5.32 Å². The first kappa shape index (κ1) is 10.3. The Morgan fingerprint density at radius 3 is 2.69 bits per heavy atom. The van der Waals surface area contributed by atoms with E-state index in [1.807, 2.05) is 6.20 Å². The number of hydrogen-bond acceptors (Lipinski definition) is 2. The predicted octanol–water partition coefficient (Wildman–Crippen LogP) is 1.97. The number of aliphatic hydroxyl groups is 1. The van der Waals surface area contributed by atoms with Crippen LogP contribution in [0, 0.1) is 0 Å². The average Bonchev–Trinajstić information content (AvgIpc) is 2.10. The molecule has 74 valence electrons. The highest BCUT2D eigenvalue weighted by molar-refractivity contribution is 5.32. The summed E-state index contributed by atoms with van der Waals surface area (Å²) in [7, 11) is 0. The highest BCUT2D eigenvalue weighted by Crippen LogP contribution is 2.16. The van der Waals surface area contributed by atoms with E-state index in [0.29, 0.717) is 0 Å². The van der Waals surface area contributed by atoms with Gasteiger partial charge in [-0.1, -0.05) is 19.4 Å². The van der Waals surface area contributed by atoms with E-state index in [1.54, 1.807) is 0 Å². The molecule has 0 aromatic heterocycles. The minimum Gasteiger partial charge on any atom is -0.391 e. The van der Waals surface area contributed by atoms with Gasteiger partial charge in [-0.3, -0.25) is 0 Å². The van der Waals surface area contributed by atoms with Crippen LogP contribution in [0.3, 0.4) is 0 Å². The normalized spacial score (nSPS) is 24.5. The number of hydrogen-bond donors (Lipinski definition) is 2. The molecular formula is C11H19NO. The summed E-state index contributed by atoms with van der Waals surface area (Å²) in [6.07, 6.45) is 5.71. The van der Waals surface area contributed by atoms with Gasteiger partial charge >= 0.3 is 0 Å². The van der Waals surface area contributed by atoms with E-state index in [1.165, 1.54) is 11.1 Å². The lowest BCUT2D eigenvalue weighted by molar-refractivity contribution is 0.139. The molecule has 1 heterocycles. The third kappa shape index (κ3) is 2.59. The van der Waals surface area contributed by atoms with Gasteiger partial charge in [-0.15, -0.1) is 0 Å². The first-order valence-electron chi connectivity index (χ1n) is 4.94. The Balaban J connectivity index is 2.57. The van der Waals surface area contributed by atoms with Crippen LogP contribution in [0.4, 0.5) is 0 Å². The maximum atomic E-state index is 9.74. The maximum Gasteiger partial charge on any atom is 0.0777 e. The number of nitrogens with one attached hydrogen (secondary N) is 1. The number of aliphatic hydroxyl groups excluding tert-OH is 1. The SMILES string of the molecule is CCCC(O)C1C=C(C)C(C)=CN1. The van der Waals surface area contributed by atoms with Crippen molar-refractivity contribution < 1.29 is 5.11 Å². The lowest BCUT2D eigenvalue weighted by Crippen LogP contribution is -2.37. The molecule has 2 atom stereocenters. The zero-order valence-electron chi connectivity index (χ0n) is 8.67. The number of rotatable bonds is 3. The second-order valence-electron chi connectivity index (χ2n) is 3.73. The fourth-order valence-corrected chi connectivity index (χ4v) is 1.48. The molecule has 1 aliphatic rings. The van der Waals surface area contributed by atoms with Gasteiger partial charge in [-0.25, -0.2) is 0 Å². The Morgan fingerprint density at radius 1 is 1.46 bits per heavy atom. The Kier molecular flexibility index (Phi) is 3.55. The molecular weight excluding hydrogens is 162 g/mol. The van der Waals surface area contributed by atoms with E-state index in [2.05, 4.69) is 32.2 Å². The maximum absolute atomic E-state index is 9.74. The van der Waals surface area contributed by atoms with Gasteiger partial charge in [0.05, 0.1) is 12.1 Å². The summed E-state index contributed by atoms with van der Waals surface area (Å²) in [5, 5.41) is 12.9. The van der Waals surface area contributed by atoms with Gasteiger partial charge in [0.25, 0.3) is 0 Å². The monoisotopic (exact) mass is 181 g/mol. The smallest absolute Gasteiger partial charge is 0.0777 e. The molecule has 0 radical (unpaired) electrons. The molecule has 1 aliphatic heterocycles. The van der Waals surface area contributed by atoms with E-state index in [0.717, 1.165) is 12.8 Å². The molecule has 0 amide bonds. The second kappa shape index (κ2) is 4.47. The van der Waals surface area contributed by atoms with Gasteiger partial charge in [-0.05, 0) is 31.4 Å². The molecule has 2 unspecified atom stereocenters. The van der Waals surface area contributed by atoms with Crippen molar-refractivity contribution in [1.82, 2.24) is 5.32 Å². The van der Waals surface area contributed by atoms with Crippen molar-refractivity contribution >= 4 is 0 Å². The van der Waals surface area contributed by atoms with Crippen molar-refractivity contribution in [2.24, 2.45) is 0 Å². The van der Waals surface area contributed by atoms with E-state index in [9.17, 15) is 5.11 Å². The van der Waals surface area contributed by atoms with Crippen LogP contribution in [0.25, 0.3) is 0 Å². The van der Waals surface area contributed by atoms with Crippen molar-refractivity contribution in [3.05, 3.63) is 23.4 Å². The fraction of sp³-hybridized carbons (Fsp3) is 0.636. The molecule has 0 fully saturated rings. The van der Waals surface area contributed by atoms with E-state index in [-0.39, 0.29) is 12.1 Å². The van der Waals surface area contributed by atoms with Crippen LogP contribution in [0.2, 0.25) is 0 Å². The highest BCUT2D eigenvalue weighted by Gasteiger charge is 2.17. The molecule has 2 nitrogen and oxygen atoms in total. The van der Waals surface area contributed by atoms with Crippen LogP contribution in [-0.4, -0.2) is 17.3 Å². The zero-order valence-corrected chi connectivity index (χ0v) is 8.67. The lowest BCUT2D eigenvalue weighted by Gasteiger charge is -2.24. The Morgan fingerprint density at radius 2 is 2.15 bits per heavy atom. The highest BCUT2D eigenvalue weighted by atomic mass is 16.3.